The van der Waals surface area contributed by atoms with Gasteiger partial charge in [0, 0.05) is 35.1 Å². The van der Waals surface area contributed by atoms with Gasteiger partial charge in [-0.15, -0.1) is 0 Å². The van der Waals surface area contributed by atoms with Gasteiger partial charge in [-0.2, -0.15) is 0 Å². The van der Waals surface area contributed by atoms with Crippen LogP contribution < -0.4 is 0 Å². The van der Waals surface area contributed by atoms with E-state index in [0.29, 0.717) is 31.2 Å². The summed E-state index contributed by atoms with van der Waals surface area (Å²) < 4.78 is 6.12. The van der Waals surface area contributed by atoms with Crippen LogP contribution in [0.1, 0.15) is 71.2 Å². The molecule has 1 spiro atoms. The van der Waals surface area contributed by atoms with E-state index in [-0.39, 0.29) is 5.91 Å². The van der Waals surface area contributed by atoms with Gasteiger partial charge < -0.3 is 9.64 Å². The molecular weight excluding hydrogens is 340 g/mol. The Hall–Kier alpha value is -2.34. The normalized spacial score (nSPS) is 21.1. The molecule has 2 aromatic heterocycles. The number of pyridine rings is 1. The first-order valence-corrected chi connectivity index (χ1v) is 9.87. The van der Waals surface area contributed by atoms with Crippen LogP contribution in [0.3, 0.4) is 0 Å². The highest BCUT2D eigenvalue weighted by molar-refractivity contribution is 5.95. The number of likely N-dealkylation sites (tertiary alicyclic amines) is 1. The van der Waals surface area contributed by atoms with Crippen molar-refractivity contribution in [3.8, 4) is 0 Å². The van der Waals surface area contributed by atoms with E-state index in [9.17, 15) is 4.79 Å². The molecule has 2 aliphatic heterocycles. The average Bonchev–Trinajstić information content (AvgIpc) is 3.06. The van der Waals surface area contributed by atoms with Crippen LogP contribution in [-0.2, 0) is 16.9 Å². The number of aryl methyl sites for hydroxylation is 1. The molecule has 1 amide bonds. The average molecular weight is 364 g/mol. The molecule has 6 nitrogen and oxygen atoms in total. The van der Waals surface area contributed by atoms with Crippen molar-refractivity contribution < 1.29 is 9.53 Å². The third-order valence-corrected chi connectivity index (χ3v) is 6.16. The molecule has 1 saturated carbocycles. The van der Waals surface area contributed by atoms with E-state index < -0.39 is 5.60 Å². The zero-order chi connectivity index (χ0) is 18.4. The molecule has 2 fully saturated rings. The van der Waals surface area contributed by atoms with Crippen LogP contribution >= 0.6 is 0 Å². The Kier molecular flexibility index (Phi) is 3.97. The zero-order valence-electron chi connectivity index (χ0n) is 15.6. The van der Waals surface area contributed by atoms with E-state index >= 15 is 0 Å². The first kappa shape index (κ1) is 16.8. The summed E-state index contributed by atoms with van der Waals surface area (Å²) in [5.41, 5.74) is 3.19. The van der Waals surface area contributed by atoms with Crippen molar-refractivity contribution in [2.24, 2.45) is 0 Å². The van der Waals surface area contributed by atoms with E-state index in [4.69, 9.17) is 9.72 Å². The Labute approximate surface area is 159 Å². The Morgan fingerprint density at radius 3 is 2.81 bits per heavy atom. The zero-order valence-corrected chi connectivity index (χ0v) is 15.6. The number of nitrogens with zero attached hydrogens (tertiary/aromatic N) is 4. The number of amides is 1. The Balaban J connectivity index is 1.32. The van der Waals surface area contributed by atoms with Crippen molar-refractivity contribution in [3.05, 3.63) is 52.9 Å². The summed E-state index contributed by atoms with van der Waals surface area (Å²) in [6, 6.07) is 3.60. The molecule has 0 aromatic carbocycles. The minimum absolute atomic E-state index is 0.0305. The summed E-state index contributed by atoms with van der Waals surface area (Å²) >= 11 is 0. The summed E-state index contributed by atoms with van der Waals surface area (Å²) in [6.45, 7) is 3.54. The molecule has 4 heterocycles. The number of aromatic nitrogens is 3. The molecule has 0 atom stereocenters. The van der Waals surface area contributed by atoms with Gasteiger partial charge in [-0.1, -0.05) is 19.3 Å². The van der Waals surface area contributed by atoms with Crippen LogP contribution in [0, 0.1) is 6.92 Å². The van der Waals surface area contributed by atoms with Crippen molar-refractivity contribution in [2.45, 2.75) is 57.2 Å². The highest BCUT2D eigenvalue weighted by atomic mass is 16.5. The fourth-order valence-electron chi connectivity index (χ4n) is 4.60. The maximum absolute atomic E-state index is 12.7. The molecule has 140 valence electrons. The number of hydrogen-bond donors (Lipinski definition) is 0. The number of ether oxygens (including phenoxy) is 1. The van der Waals surface area contributed by atoms with Crippen molar-refractivity contribution in [3.63, 3.8) is 0 Å². The highest BCUT2D eigenvalue weighted by Crippen LogP contribution is 2.43. The van der Waals surface area contributed by atoms with Gasteiger partial charge in [0.25, 0.3) is 5.91 Å². The molecule has 2 aromatic rings. The van der Waals surface area contributed by atoms with E-state index in [1.807, 2.05) is 24.1 Å². The predicted octanol–water partition coefficient (Wildman–Crippen LogP) is 3.11. The molecular formula is C21H24N4O2. The maximum Gasteiger partial charge on any atom is 0.254 e. The third kappa shape index (κ3) is 2.83. The first-order valence-electron chi connectivity index (χ1n) is 9.87. The minimum Gasteiger partial charge on any atom is -0.360 e. The fraction of sp³-hybridized carbons (Fsp3) is 0.524. The Morgan fingerprint density at radius 2 is 2.04 bits per heavy atom. The number of fused-ring (bicyclic) bond motifs is 2. The minimum atomic E-state index is -0.418. The largest absolute Gasteiger partial charge is 0.360 e. The number of carbonyl (C=O) groups is 1. The van der Waals surface area contributed by atoms with Crippen LogP contribution in [0.15, 0.2) is 24.5 Å². The van der Waals surface area contributed by atoms with Crippen molar-refractivity contribution in [1.29, 1.82) is 0 Å². The standard InChI is InChI=1S/C21H24N4O2/c1-14-9-16(7-8-22-14)20(26)25-12-21(13-25)17-10-23-19(24-18(17)11-27-21)15-5-3-2-4-6-15/h7-10,15H,2-6,11-13H2,1H3. The van der Waals surface area contributed by atoms with Crippen LogP contribution in [0.4, 0.5) is 0 Å². The van der Waals surface area contributed by atoms with Gasteiger partial charge >= 0.3 is 0 Å². The second-order valence-corrected chi connectivity index (χ2v) is 8.05. The maximum atomic E-state index is 12.7. The lowest BCUT2D eigenvalue weighted by molar-refractivity contribution is -0.126. The quantitative estimate of drug-likeness (QED) is 0.819. The monoisotopic (exact) mass is 364 g/mol. The summed E-state index contributed by atoms with van der Waals surface area (Å²) in [5.74, 6) is 1.51. The lowest BCUT2D eigenvalue weighted by Crippen LogP contribution is -2.61. The lowest BCUT2D eigenvalue weighted by Gasteiger charge is -2.47. The Morgan fingerprint density at radius 1 is 1.22 bits per heavy atom. The summed E-state index contributed by atoms with van der Waals surface area (Å²) in [4.78, 5) is 28.2. The highest BCUT2D eigenvalue weighted by Gasteiger charge is 2.52. The molecule has 1 aliphatic carbocycles. The molecule has 0 bridgehead atoms. The third-order valence-electron chi connectivity index (χ3n) is 6.16. The lowest BCUT2D eigenvalue weighted by atomic mass is 9.86. The Bertz CT molecular complexity index is 886. The number of hydrogen-bond acceptors (Lipinski definition) is 5. The molecule has 1 saturated heterocycles. The predicted molar refractivity (Wildman–Crippen MR) is 99.2 cm³/mol. The number of rotatable bonds is 2. The molecule has 27 heavy (non-hydrogen) atoms. The molecule has 6 heteroatoms. The first-order chi connectivity index (χ1) is 13.1. The van der Waals surface area contributed by atoms with Gasteiger partial charge in [0.1, 0.15) is 11.4 Å². The van der Waals surface area contributed by atoms with Crippen LogP contribution in [0.25, 0.3) is 0 Å². The van der Waals surface area contributed by atoms with Crippen LogP contribution in [-0.4, -0.2) is 38.8 Å². The van der Waals surface area contributed by atoms with Crippen molar-refractivity contribution >= 4 is 5.91 Å². The SMILES string of the molecule is Cc1cc(C(=O)N2CC3(C2)OCc2nc(C4CCCCC4)ncc23)ccn1. The van der Waals surface area contributed by atoms with Gasteiger partial charge in [0.05, 0.1) is 25.4 Å². The van der Waals surface area contributed by atoms with Gasteiger partial charge in [-0.3, -0.25) is 9.78 Å². The fourth-order valence-corrected chi connectivity index (χ4v) is 4.60. The molecule has 0 radical (unpaired) electrons. The molecule has 5 rings (SSSR count). The van der Waals surface area contributed by atoms with Gasteiger partial charge in [-0.05, 0) is 31.9 Å². The van der Waals surface area contributed by atoms with E-state index in [0.717, 1.165) is 22.8 Å². The van der Waals surface area contributed by atoms with E-state index in [2.05, 4.69) is 9.97 Å². The second-order valence-electron chi connectivity index (χ2n) is 8.05. The number of carbonyl (C=O) groups excluding carboxylic acids is 1. The van der Waals surface area contributed by atoms with Gasteiger partial charge in [-0.25, -0.2) is 9.97 Å². The van der Waals surface area contributed by atoms with E-state index in [1.54, 1.807) is 12.3 Å². The van der Waals surface area contributed by atoms with Crippen LogP contribution in [0.2, 0.25) is 0 Å². The summed E-state index contributed by atoms with van der Waals surface area (Å²) in [7, 11) is 0. The smallest absolute Gasteiger partial charge is 0.254 e. The molecule has 0 N–H and O–H groups in total. The summed E-state index contributed by atoms with van der Waals surface area (Å²) in [5, 5.41) is 0. The van der Waals surface area contributed by atoms with E-state index in [1.165, 1.54) is 32.1 Å². The van der Waals surface area contributed by atoms with Gasteiger partial charge in [0.15, 0.2) is 0 Å². The van der Waals surface area contributed by atoms with Crippen molar-refractivity contribution in [1.82, 2.24) is 19.9 Å². The molecule has 3 aliphatic rings. The van der Waals surface area contributed by atoms with Crippen LogP contribution in [0.5, 0.6) is 0 Å². The van der Waals surface area contributed by atoms with Gasteiger partial charge in [0.2, 0.25) is 0 Å². The summed E-state index contributed by atoms with van der Waals surface area (Å²) in [6.07, 6.45) is 9.90. The molecule has 0 unspecified atom stereocenters. The van der Waals surface area contributed by atoms with Crippen molar-refractivity contribution in [2.75, 3.05) is 13.1 Å². The second kappa shape index (κ2) is 6.37. The topological polar surface area (TPSA) is 68.2 Å².